The number of anilines is 1. The Hall–Kier alpha value is -2.37. The van der Waals surface area contributed by atoms with Crippen molar-refractivity contribution in [2.45, 2.75) is 37.5 Å². The maximum atomic E-state index is 12.3. The predicted octanol–water partition coefficient (Wildman–Crippen LogP) is 1.78. The highest BCUT2D eigenvalue weighted by molar-refractivity contribution is 6.04. The summed E-state index contributed by atoms with van der Waals surface area (Å²) in [6.07, 6.45) is 4.06. The number of aliphatic carboxylic acids is 1. The largest absolute Gasteiger partial charge is 0.481 e. The Morgan fingerprint density at radius 2 is 1.79 bits per heavy atom. The molecule has 2 amide bonds. The van der Waals surface area contributed by atoms with Crippen LogP contribution in [0.15, 0.2) is 24.3 Å². The van der Waals surface area contributed by atoms with Gasteiger partial charge in [0.25, 0.3) is 0 Å². The molecule has 24 heavy (non-hydrogen) atoms. The highest BCUT2D eigenvalue weighted by atomic mass is 16.4. The molecular formula is C18H22N2O4. The summed E-state index contributed by atoms with van der Waals surface area (Å²) in [5.74, 6) is -1.08. The number of nitrogens with zero attached hydrogens (tertiary/aromatic N) is 2. The van der Waals surface area contributed by atoms with Crippen molar-refractivity contribution in [3.8, 4) is 0 Å². The van der Waals surface area contributed by atoms with E-state index in [0.717, 1.165) is 24.8 Å². The molecule has 0 radical (unpaired) electrons. The number of carbonyl (C=O) groups excluding carboxylic acids is 2. The highest BCUT2D eigenvalue weighted by Gasteiger charge is 2.41. The fourth-order valence-electron chi connectivity index (χ4n) is 3.71. The molecule has 1 aliphatic carbocycles. The zero-order valence-corrected chi connectivity index (χ0v) is 13.8. The van der Waals surface area contributed by atoms with Crippen LogP contribution in [0.1, 0.15) is 37.7 Å². The first-order valence-electron chi connectivity index (χ1n) is 8.32. The maximum absolute atomic E-state index is 12.3. The van der Waals surface area contributed by atoms with Crippen molar-refractivity contribution >= 4 is 23.5 Å². The van der Waals surface area contributed by atoms with Crippen LogP contribution in [0.5, 0.6) is 0 Å². The molecule has 2 fully saturated rings. The molecule has 0 aromatic heterocycles. The standard InChI is InChI=1S/C18H22N2O4/c1-19-11-16(22)20(12-15(19)21)14-7-5-6-13(10-14)18(17(23)24)8-3-2-4-9-18/h5-7,10H,2-4,8-9,11-12H2,1H3,(H,23,24). The first kappa shape index (κ1) is 16.5. The minimum Gasteiger partial charge on any atom is -0.481 e. The molecule has 0 bridgehead atoms. The minimum atomic E-state index is -0.881. The molecule has 0 unspecified atom stereocenters. The van der Waals surface area contributed by atoms with Crippen molar-refractivity contribution in [2.75, 3.05) is 25.0 Å². The molecule has 1 N–H and O–H groups in total. The second-order valence-electron chi connectivity index (χ2n) is 6.73. The average Bonchev–Trinajstić information content (AvgIpc) is 2.58. The lowest BCUT2D eigenvalue weighted by atomic mass is 9.69. The normalized spacial score (nSPS) is 21.0. The average molecular weight is 330 g/mol. The van der Waals surface area contributed by atoms with Crippen molar-refractivity contribution < 1.29 is 19.5 Å². The van der Waals surface area contributed by atoms with E-state index in [9.17, 15) is 19.5 Å². The van der Waals surface area contributed by atoms with Gasteiger partial charge in [0.1, 0.15) is 6.54 Å². The van der Waals surface area contributed by atoms with Crippen molar-refractivity contribution in [3.05, 3.63) is 29.8 Å². The van der Waals surface area contributed by atoms with E-state index < -0.39 is 11.4 Å². The monoisotopic (exact) mass is 330 g/mol. The molecule has 6 heteroatoms. The van der Waals surface area contributed by atoms with Crippen molar-refractivity contribution in [1.82, 2.24) is 4.90 Å². The smallest absolute Gasteiger partial charge is 0.314 e. The third-order valence-corrected chi connectivity index (χ3v) is 5.22. The molecule has 0 atom stereocenters. The van der Waals surface area contributed by atoms with Crippen LogP contribution in [-0.4, -0.2) is 47.9 Å². The Labute approximate surface area is 141 Å². The van der Waals surface area contributed by atoms with E-state index in [1.54, 1.807) is 25.2 Å². The van der Waals surface area contributed by atoms with Gasteiger partial charge < -0.3 is 14.9 Å². The number of likely N-dealkylation sites (N-methyl/N-ethyl adjacent to an activating group) is 1. The number of carbonyl (C=O) groups is 3. The molecule has 128 valence electrons. The molecule has 0 spiro atoms. The topological polar surface area (TPSA) is 77.9 Å². The van der Waals surface area contributed by atoms with E-state index in [1.165, 1.54) is 9.80 Å². The lowest BCUT2D eigenvalue weighted by molar-refractivity contribution is -0.145. The lowest BCUT2D eigenvalue weighted by Gasteiger charge is -2.35. The molecule has 3 rings (SSSR count). The summed E-state index contributed by atoms with van der Waals surface area (Å²) < 4.78 is 0. The van der Waals surface area contributed by atoms with Gasteiger partial charge in [0.2, 0.25) is 11.8 Å². The van der Waals surface area contributed by atoms with Crippen LogP contribution in [0.3, 0.4) is 0 Å². The van der Waals surface area contributed by atoms with Gasteiger partial charge in [-0.25, -0.2) is 0 Å². The van der Waals surface area contributed by atoms with E-state index in [1.807, 2.05) is 6.07 Å². The van der Waals surface area contributed by atoms with Gasteiger partial charge >= 0.3 is 5.97 Å². The maximum Gasteiger partial charge on any atom is 0.314 e. The van der Waals surface area contributed by atoms with Crippen LogP contribution in [0.2, 0.25) is 0 Å². The van der Waals surface area contributed by atoms with Gasteiger partial charge in [-0.15, -0.1) is 0 Å². The molecule has 6 nitrogen and oxygen atoms in total. The summed E-state index contributed by atoms with van der Waals surface area (Å²) in [6, 6.07) is 7.14. The van der Waals surface area contributed by atoms with E-state index >= 15 is 0 Å². The van der Waals surface area contributed by atoms with Crippen molar-refractivity contribution in [3.63, 3.8) is 0 Å². The number of carboxylic acids is 1. The van der Waals surface area contributed by atoms with Gasteiger partial charge in [0, 0.05) is 12.7 Å². The van der Waals surface area contributed by atoms with E-state index in [4.69, 9.17) is 0 Å². The van der Waals surface area contributed by atoms with Gasteiger partial charge in [0.05, 0.1) is 12.0 Å². The van der Waals surface area contributed by atoms with Crippen molar-refractivity contribution in [1.29, 1.82) is 0 Å². The van der Waals surface area contributed by atoms with Crippen LogP contribution in [0, 0.1) is 0 Å². The van der Waals surface area contributed by atoms with Crippen LogP contribution >= 0.6 is 0 Å². The molecule has 1 heterocycles. The summed E-state index contributed by atoms with van der Waals surface area (Å²) in [7, 11) is 1.61. The van der Waals surface area contributed by atoms with E-state index in [0.29, 0.717) is 18.5 Å². The molecular weight excluding hydrogens is 308 g/mol. The fourth-order valence-corrected chi connectivity index (χ4v) is 3.71. The van der Waals surface area contributed by atoms with Crippen LogP contribution in [0.25, 0.3) is 0 Å². The molecule has 1 aromatic carbocycles. The molecule has 1 saturated heterocycles. The zero-order chi connectivity index (χ0) is 17.3. The van der Waals surface area contributed by atoms with E-state index in [2.05, 4.69) is 0 Å². The summed E-state index contributed by atoms with van der Waals surface area (Å²) in [4.78, 5) is 39.0. The Morgan fingerprint density at radius 3 is 2.46 bits per heavy atom. The molecule has 1 saturated carbocycles. The Balaban J connectivity index is 1.95. The number of hydrogen-bond acceptors (Lipinski definition) is 3. The summed E-state index contributed by atoms with van der Waals surface area (Å²) in [5.41, 5.74) is 0.449. The zero-order valence-electron chi connectivity index (χ0n) is 13.8. The van der Waals surface area contributed by atoms with Gasteiger partial charge in [-0.05, 0) is 30.5 Å². The number of rotatable bonds is 3. The van der Waals surface area contributed by atoms with Crippen LogP contribution in [0.4, 0.5) is 5.69 Å². The first-order chi connectivity index (χ1) is 11.4. The second-order valence-corrected chi connectivity index (χ2v) is 6.73. The molecule has 1 aromatic rings. The number of amides is 2. The van der Waals surface area contributed by atoms with E-state index in [-0.39, 0.29) is 24.9 Å². The van der Waals surface area contributed by atoms with Gasteiger partial charge in [-0.2, -0.15) is 0 Å². The minimum absolute atomic E-state index is 0.00113. The SMILES string of the molecule is CN1CC(=O)N(c2cccc(C3(C(=O)O)CCCCC3)c2)CC1=O. The Kier molecular flexibility index (Phi) is 4.30. The summed E-state index contributed by atoms with van der Waals surface area (Å²) >= 11 is 0. The van der Waals surface area contributed by atoms with Crippen LogP contribution < -0.4 is 4.90 Å². The predicted molar refractivity (Wildman–Crippen MR) is 88.8 cm³/mol. The highest BCUT2D eigenvalue weighted by Crippen LogP contribution is 2.40. The van der Waals surface area contributed by atoms with Gasteiger partial charge in [-0.3, -0.25) is 14.4 Å². The molecule has 2 aliphatic rings. The summed E-state index contributed by atoms with van der Waals surface area (Å²) in [5, 5.41) is 9.83. The number of carboxylic acid groups (broad SMARTS) is 1. The second kappa shape index (κ2) is 6.26. The van der Waals surface area contributed by atoms with Gasteiger partial charge in [-0.1, -0.05) is 31.4 Å². The number of piperazine rings is 1. The fraction of sp³-hybridized carbons (Fsp3) is 0.500. The molecule has 1 aliphatic heterocycles. The third kappa shape index (κ3) is 2.77. The Bertz CT molecular complexity index is 679. The quantitative estimate of drug-likeness (QED) is 0.916. The third-order valence-electron chi connectivity index (χ3n) is 5.22. The van der Waals surface area contributed by atoms with Crippen LogP contribution in [-0.2, 0) is 19.8 Å². The number of hydrogen-bond donors (Lipinski definition) is 1. The Morgan fingerprint density at radius 1 is 1.08 bits per heavy atom. The first-order valence-corrected chi connectivity index (χ1v) is 8.32. The summed E-state index contributed by atoms with van der Waals surface area (Å²) in [6.45, 7) is 0.0476. The van der Waals surface area contributed by atoms with Crippen molar-refractivity contribution in [2.24, 2.45) is 0 Å². The van der Waals surface area contributed by atoms with Gasteiger partial charge in [0.15, 0.2) is 0 Å². The number of benzene rings is 1. The lowest BCUT2D eigenvalue weighted by Crippen LogP contribution is -2.52.